The average Bonchev–Trinajstić information content (AvgIpc) is 3.02. The number of rotatable bonds is 3. The highest BCUT2D eigenvalue weighted by Gasteiger charge is 2.04. The molecule has 0 N–H and O–H groups in total. The maximum atomic E-state index is 11.0. The molecule has 0 spiro atoms. The number of nitrogens with zero attached hydrogens (tertiary/aromatic N) is 3. The van der Waals surface area contributed by atoms with E-state index < -0.39 is 0 Å². The summed E-state index contributed by atoms with van der Waals surface area (Å²) in [5.74, 6) is 0. The minimum Gasteiger partial charge on any atom is -0.298 e. The summed E-state index contributed by atoms with van der Waals surface area (Å²) in [4.78, 5) is 11.0. The van der Waals surface area contributed by atoms with E-state index in [4.69, 9.17) is 0 Å². The summed E-state index contributed by atoms with van der Waals surface area (Å²) in [7, 11) is 0. The largest absolute Gasteiger partial charge is 0.298 e. The van der Waals surface area contributed by atoms with E-state index in [9.17, 15) is 4.79 Å². The number of benzene rings is 2. The van der Waals surface area contributed by atoms with Gasteiger partial charge in [0.1, 0.15) is 0 Å². The van der Waals surface area contributed by atoms with Gasteiger partial charge < -0.3 is 0 Å². The van der Waals surface area contributed by atoms with Gasteiger partial charge in [-0.2, -0.15) is 0 Å². The van der Waals surface area contributed by atoms with Crippen molar-refractivity contribution in [3.8, 4) is 16.8 Å². The molecule has 19 heavy (non-hydrogen) atoms. The highest BCUT2D eigenvalue weighted by molar-refractivity contribution is 5.87. The fraction of sp³-hybridized carbons (Fsp3) is 0. The third-order valence-electron chi connectivity index (χ3n) is 2.95. The van der Waals surface area contributed by atoms with Crippen LogP contribution in [0, 0.1) is 0 Å². The van der Waals surface area contributed by atoms with Gasteiger partial charge in [0.05, 0.1) is 18.1 Å². The Balaban J connectivity index is 2.01. The SMILES string of the molecule is O=Cc1ccccc1-c1ccc(-n2ccnn2)cc1. The molecule has 3 aromatic rings. The second kappa shape index (κ2) is 4.86. The average molecular weight is 249 g/mol. The predicted molar refractivity (Wildman–Crippen MR) is 72.2 cm³/mol. The molecule has 0 bridgehead atoms. The molecule has 2 aromatic carbocycles. The maximum Gasteiger partial charge on any atom is 0.150 e. The number of aldehydes is 1. The Morgan fingerprint density at radius 1 is 1.00 bits per heavy atom. The van der Waals surface area contributed by atoms with Gasteiger partial charge in [0.15, 0.2) is 6.29 Å². The third-order valence-corrected chi connectivity index (χ3v) is 2.95. The van der Waals surface area contributed by atoms with Crippen LogP contribution in [0.5, 0.6) is 0 Å². The van der Waals surface area contributed by atoms with Crippen LogP contribution in [0.25, 0.3) is 16.8 Å². The van der Waals surface area contributed by atoms with Gasteiger partial charge >= 0.3 is 0 Å². The van der Waals surface area contributed by atoms with Crippen molar-refractivity contribution in [3.63, 3.8) is 0 Å². The number of carbonyl (C=O) groups excluding carboxylic acids is 1. The lowest BCUT2D eigenvalue weighted by molar-refractivity contribution is 0.112. The zero-order chi connectivity index (χ0) is 13.1. The van der Waals surface area contributed by atoms with Gasteiger partial charge in [0.2, 0.25) is 0 Å². The van der Waals surface area contributed by atoms with Crippen LogP contribution < -0.4 is 0 Å². The Labute approximate surface area is 110 Å². The van der Waals surface area contributed by atoms with Crippen molar-refractivity contribution in [3.05, 3.63) is 66.5 Å². The van der Waals surface area contributed by atoms with Crippen LogP contribution >= 0.6 is 0 Å². The van der Waals surface area contributed by atoms with E-state index in [0.29, 0.717) is 5.56 Å². The second-order valence-electron chi connectivity index (χ2n) is 4.10. The molecule has 0 aliphatic carbocycles. The molecule has 0 fully saturated rings. The van der Waals surface area contributed by atoms with Gasteiger partial charge in [0.25, 0.3) is 0 Å². The van der Waals surface area contributed by atoms with Crippen LogP contribution in [0.2, 0.25) is 0 Å². The van der Waals surface area contributed by atoms with Gasteiger partial charge in [-0.1, -0.05) is 41.6 Å². The zero-order valence-corrected chi connectivity index (χ0v) is 10.1. The monoisotopic (exact) mass is 249 g/mol. The molecule has 4 nitrogen and oxygen atoms in total. The van der Waals surface area contributed by atoms with Crippen LogP contribution in [0.4, 0.5) is 0 Å². The van der Waals surface area contributed by atoms with Crippen LogP contribution in [-0.4, -0.2) is 21.3 Å². The molecule has 0 aliphatic heterocycles. The van der Waals surface area contributed by atoms with Crippen LogP contribution in [0.1, 0.15) is 10.4 Å². The van der Waals surface area contributed by atoms with Crippen molar-refractivity contribution in [2.24, 2.45) is 0 Å². The van der Waals surface area contributed by atoms with Gasteiger partial charge in [-0.15, -0.1) is 5.10 Å². The molecule has 92 valence electrons. The van der Waals surface area contributed by atoms with Crippen LogP contribution in [0.3, 0.4) is 0 Å². The predicted octanol–water partition coefficient (Wildman–Crippen LogP) is 2.75. The zero-order valence-electron chi connectivity index (χ0n) is 10.1. The lowest BCUT2D eigenvalue weighted by Crippen LogP contribution is -1.95. The van der Waals surface area contributed by atoms with Crippen molar-refractivity contribution in [2.75, 3.05) is 0 Å². The summed E-state index contributed by atoms with van der Waals surface area (Å²) in [6.45, 7) is 0. The van der Waals surface area contributed by atoms with Crippen molar-refractivity contribution in [1.82, 2.24) is 15.0 Å². The summed E-state index contributed by atoms with van der Waals surface area (Å²) < 4.78 is 1.69. The highest BCUT2D eigenvalue weighted by Crippen LogP contribution is 2.23. The molecule has 1 heterocycles. The van der Waals surface area contributed by atoms with E-state index in [1.807, 2.05) is 48.5 Å². The topological polar surface area (TPSA) is 47.8 Å². The minimum atomic E-state index is 0.691. The first-order valence-electron chi connectivity index (χ1n) is 5.90. The molecule has 0 radical (unpaired) electrons. The molecule has 3 rings (SSSR count). The van der Waals surface area contributed by atoms with Crippen molar-refractivity contribution in [2.45, 2.75) is 0 Å². The molecule has 0 saturated heterocycles. The number of carbonyl (C=O) groups is 1. The molecule has 0 saturated carbocycles. The van der Waals surface area contributed by atoms with Gasteiger partial charge in [-0.3, -0.25) is 4.79 Å². The van der Waals surface area contributed by atoms with E-state index >= 15 is 0 Å². The summed E-state index contributed by atoms with van der Waals surface area (Å²) in [6.07, 6.45) is 4.30. The summed E-state index contributed by atoms with van der Waals surface area (Å²) in [5, 5.41) is 7.71. The van der Waals surface area contributed by atoms with Crippen molar-refractivity contribution >= 4 is 6.29 Å². The molecule has 0 unspecified atom stereocenters. The number of aromatic nitrogens is 3. The van der Waals surface area contributed by atoms with Gasteiger partial charge in [-0.25, -0.2) is 4.68 Å². The standard InChI is InChI=1S/C15H11N3O/c19-11-13-3-1-2-4-15(13)12-5-7-14(8-6-12)18-10-9-16-17-18/h1-11H. The molecular formula is C15H11N3O. The first-order chi connectivity index (χ1) is 9.38. The first-order valence-corrected chi connectivity index (χ1v) is 5.90. The fourth-order valence-electron chi connectivity index (χ4n) is 2.00. The van der Waals surface area contributed by atoms with E-state index in [-0.39, 0.29) is 0 Å². The lowest BCUT2D eigenvalue weighted by atomic mass is 10.0. The minimum absolute atomic E-state index is 0.691. The lowest BCUT2D eigenvalue weighted by Gasteiger charge is -2.06. The normalized spacial score (nSPS) is 10.3. The maximum absolute atomic E-state index is 11.0. The number of hydrogen-bond acceptors (Lipinski definition) is 3. The van der Waals surface area contributed by atoms with E-state index in [0.717, 1.165) is 23.1 Å². The number of hydrogen-bond donors (Lipinski definition) is 0. The molecule has 0 aliphatic rings. The Bertz CT molecular complexity index is 688. The Hall–Kier alpha value is -2.75. The molecule has 1 aromatic heterocycles. The molecule has 4 heteroatoms. The molecule has 0 atom stereocenters. The van der Waals surface area contributed by atoms with Crippen LogP contribution in [0.15, 0.2) is 60.9 Å². The van der Waals surface area contributed by atoms with E-state index in [2.05, 4.69) is 10.3 Å². The van der Waals surface area contributed by atoms with Crippen molar-refractivity contribution in [1.29, 1.82) is 0 Å². The van der Waals surface area contributed by atoms with E-state index in [1.165, 1.54) is 0 Å². The Morgan fingerprint density at radius 2 is 1.79 bits per heavy atom. The Morgan fingerprint density at radius 3 is 2.47 bits per heavy atom. The second-order valence-corrected chi connectivity index (χ2v) is 4.10. The summed E-state index contributed by atoms with van der Waals surface area (Å²) >= 11 is 0. The summed E-state index contributed by atoms with van der Waals surface area (Å²) in [6, 6.07) is 15.4. The van der Waals surface area contributed by atoms with Crippen molar-refractivity contribution < 1.29 is 4.79 Å². The smallest absolute Gasteiger partial charge is 0.150 e. The summed E-state index contributed by atoms with van der Waals surface area (Å²) in [5.41, 5.74) is 3.56. The van der Waals surface area contributed by atoms with E-state index in [1.54, 1.807) is 17.1 Å². The fourth-order valence-corrected chi connectivity index (χ4v) is 2.00. The highest BCUT2D eigenvalue weighted by atomic mass is 16.1. The quantitative estimate of drug-likeness (QED) is 0.670. The first kappa shape index (κ1) is 11.3. The van der Waals surface area contributed by atoms with Crippen LogP contribution in [-0.2, 0) is 0 Å². The Kier molecular flexibility index (Phi) is 2.90. The third kappa shape index (κ3) is 2.15. The van der Waals surface area contributed by atoms with Gasteiger partial charge in [-0.05, 0) is 23.3 Å². The molecular weight excluding hydrogens is 238 g/mol. The molecule has 0 amide bonds. The van der Waals surface area contributed by atoms with Gasteiger partial charge in [0, 0.05) is 5.56 Å².